The maximum atomic E-state index is 11.8. The van der Waals surface area contributed by atoms with Gasteiger partial charge in [0.05, 0.1) is 0 Å². The van der Waals surface area contributed by atoms with Gasteiger partial charge in [-0.05, 0) is 24.7 Å². The number of hydrogen-bond acceptors (Lipinski definition) is 4. The van der Waals surface area contributed by atoms with Crippen LogP contribution >= 0.6 is 0 Å². The van der Waals surface area contributed by atoms with E-state index in [1.54, 1.807) is 13.8 Å². The Bertz CT molecular complexity index is 440. The third-order valence-corrected chi connectivity index (χ3v) is 4.47. The summed E-state index contributed by atoms with van der Waals surface area (Å²) in [4.78, 5) is 23.7. The molecule has 0 aliphatic carbocycles. The molecule has 0 aliphatic rings. The van der Waals surface area contributed by atoms with Gasteiger partial charge in [-0.15, -0.1) is 0 Å². The maximum Gasteiger partial charge on any atom is 0.333 e. The van der Waals surface area contributed by atoms with Crippen LogP contribution in [0.4, 0.5) is 0 Å². The Labute approximate surface area is 140 Å². The first-order valence-corrected chi connectivity index (χ1v) is 7.81. The molecule has 0 heterocycles. The van der Waals surface area contributed by atoms with E-state index in [9.17, 15) is 9.59 Å². The van der Waals surface area contributed by atoms with Gasteiger partial charge in [-0.2, -0.15) is 0 Å². The smallest absolute Gasteiger partial charge is 0.333 e. The minimum absolute atomic E-state index is 0.148. The summed E-state index contributed by atoms with van der Waals surface area (Å²) in [6.07, 6.45) is 0. The third kappa shape index (κ3) is 5.22. The number of ether oxygens (including phenoxy) is 2. The topological polar surface area (TPSA) is 52.6 Å². The van der Waals surface area contributed by atoms with Gasteiger partial charge in [-0.1, -0.05) is 54.7 Å². The molecule has 0 radical (unpaired) electrons. The molecular weight excluding hydrogens is 292 g/mol. The van der Waals surface area contributed by atoms with Crippen LogP contribution in [0.5, 0.6) is 0 Å². The number of esters is 2. The molecule has 4 heteroatoms. The van der Waals surface area contributed by atoms with Crippen LogP contribution in [-0.4, -0.2) is 25.2 Å². The summed E-state index contributed by atoms with van der Waals surface area (Å²) in [5, 5.41) is 0. The summed E-state index contributed by atoms with van der Waals surface area (Å²) in [5.74, 6) is -0.872. The van der Waals surface area contributed by atoms with Crippen LogP contribution in [-0.2, 0) is 19.1 Å². The van der Waals surface area contributed by atoms with E-state index in [4.69, 9.17) is 9.47 Å². The fourth-order valence-electron chi connectivity index (χ4n) is 2.66. The monoisotopic (exact) mass is 324 g/mol. The zero-order valence-corrected chi connectivity index (χ0v) is 16.0. The highest BCUT2D eigenvalue weighted by Gasteiger charge is 2.52. The van der Waals surface area contributed by atoms with Crippen molar-refractivity contribution in [2.75, 3.05) is 13.2 Å². The number of carbonyl (C=O) groups excluding carboxylic acids is 2. The first-order chi connectivity index (χ1) is 10.2. The highest BCUT2D eigenvalue weighted by atomic mass is 16.5. The zero-order chi connectivity index (χ0) is 18.6. The molecule has 0 saturated heterocycles. The lowest BCUT2D eigenvalue weighted by Gasteiger charge is -2.52. The van der Waals surface area contributed by atoms with Crippen molar-refractivity contribution >= 4 is 11.9 Å². The minimum Gasteiger partial charge on any atom is -0.462 e. The van der Waals surface area contributed by atoms with Crippen LogP contribution in [0.15, 0.2) is 24.3 Å². The van der Waals surface area contributed by atoms with Crippen molar-refractivity contribution in [1.29, 1.82) is 0 Å². The summed E-state index contributed by atoms with van der Waals surface area (Å²) in [6, 6.07) is 0. The molecule has 0 rings (SSSR count). The van der Waals surface area contributed by atoms with Crippen LogP contribution in [0.2, 0.25) is 0 Å². The summed E-state index contributed by atoms with van der Waals surface area (Å²) in [5.41, 5.74) is -0.399. The molecule has 0 aliphatic heterocycles. The molecule has 0 spiro atoms. The second-order valence-corrected chi connectivity index (χ2v) is 8.30. The molecule has 0 atom stereocenters. The first kappa shape index (κ1) is 21.4. The van der Waals surface area contributed by atoms with Crippen LogP contribution in [0.1, 0.15) is 55.4 Å². The molecule has 0 saturated carbocycles. The van der Waals surface area contributed by atoms with Gasteiger partial charge in [0.1, 0.15) is 13.2 Å². The van der Waals surface area contributed by atoms with Crippen LogP contribution < -0.4 is 0 Å². The van der Waals surface area contributed by atoms with Gasteiger partial charge >= 0.3 is 11.9 Å². The highest BCUT2D eigenvalue weighted by molar-refractivity contribution is 5.87. The van der Waals surface area contributed by atoms with Crippen molar-refractivity contribution in [3.8, 4) is 0 Å². The Kier molecular flexibility index (Phi) is 6.82. The van der Waals surface area contributed by atoms with Gasteiger partial charge in [0.25, 0.3) is 0 Å². The van der Waals surface area contributed by atoms with E-state index in [2.05, 4.69) is 54.7 Å². The van der Waals surface area contributed by atoms with Gasteiger partial charge in [0, 0.05) is 16.6 Å². The van der Waals surface area contributed by atoms with E-state index in [-0.39, 0.29) is 24.0 Å². The lowest BCUT2D eigenvalue weighted by molar-refractivity contribution is -0.170. The van der Waals surface area contributed by atoms with Crippen molar-refractivity contribution < 1.29 is 19.1 Å². The number of rotatable bonds is 6. The Morgan fingerprint density at radius 3 is 1.17 bits per heavy atom. The fourth-order valence-corrected chi connectivity index (χ4v) is 2.66. The Morgan fingerprint density at radius 2 is 1.00 bits per heavy atom. The minimum atomic E-state index is -0.559. The lowest BCUT2D eigenvalue weighted by Crippen LogP contribution is -2.53. The summed E-state index contributed by atoms with van der Waals surface area (Å²) in [6.45, 7) is 23.1. The molecule has 0 aromatic heterocycles. The molecule has 0 aromatic carbocycles. The van der Waals surface area contributed by atoms with E-state index in [1.165, 1.54) is 0 Å². The predicted octanol–water partition coefficient (Wildman–Crippen LogP) is 4.30. The second-order valence-electron chi connectivity index (χ2n) is 8.30. The van der Waals surface area contributed by atoms with Crippen molar-refractivity contribution in [2.24, 2.45) is 16.2 Å². The molecular formula is C19H32O4. The molecule has 0 fully saturated rings. The summed E-state index contributed by atoms with van der Waals surface area (Å²) in [7, 11) is 0. The molecule has 4 nitrogen and oxygen atoms in total. The molecule has 0 unspecified atom stereocenters. The summed E-state index contributed by atoms with van der Waals surface area (Å²) < 4.78 is 10.9. The Hall–Kier alpha value is -1.58. The number of hydrogen-bond donors (Lipinski definition) is 0. The largest absolute Gasteiger partial charge is 0.462 e. The van der Waals surface area contributed by atoms with Crippen molar-refractivity contribution in [3.63, 3.8) is 0 Å². The average molecular weight is 324 g/mol. The van der Waals surface area contributed by atoms with E-state index < -0.39 is 17.4 Å². The van der Waals surface area contributed by atoms with Gasteiger partial charge in [-0.3, -0.25) is 0 Å². The standard InChI is InChI=1S/C19H32O4/c1-13(2)15(20)22-11-19(17(5,6)7,18(8,9)10)12-23-16(21)14(3)4/h1,3,11-12H2,2,4-10H3. The summed E-state index contributed by atoms with van der Waals surface area (Å²) >= 11 is 0. The van der Waals surface area contributed by atoms with Crippen molar-refractivity contribution in [3.05, 3.63) is 24.3 Å². The highest BCUT2D eigenvalue weighted by Crippen LogP contribution is 2.52. The molecule has 0 amide bonds. The second kappa shape index (κ2) is 7.33. The van der Waals surface area contributed by atoms with Crippen molar-refractivity contribution in [2.45, 2.75) is 55.4 Å². The zero-order valence-electron chi connectivity index (χ0n) is 16.0. The molecule has 23 heavy (non-hydrogen) atoms. The lowest BCUT2D eigenvalue weighted by atomic mass is 9.54. The average Bonchev–Trinajstić information content (AvgIpc) is 2.34. The normalized spacial score (nSPS) is 12.5. The molecule has 0 bridgehead atoms. The van der Waals surface area contributed by atoms with Crippen LogP contribution in [0.3, 0.4) is 0 Å². The third-order valence-electron chi connectivity index (χ3n) is 4.47. The molecule has 0 N–H and O–H groups in total. The fraction of sp³-hybridized carbons (Fsp3) is 0.684. The van der Waals surface area contributed by atoms with Crippen LogP contribution in [0, 0.1) is 16.2 Å². The maximum absolute atomic E-state index is 11.8. The van der Waals surface area contributed by atoms with Gasteiger partial charge in [0.2, 0.25) is 0 Å². The quantitative estimate of drug-likeness (QED) is 0.540. The van der Waals surface area contributed by atoms with Crippen LogP contribution in [0.25, 0.3) is 0 Å². The van der Waals surface area contributed by atoms with Gasteiger partial charge < -0.3 is 9.47 Å². The van der Waals surface area contributed by atoms with E-state index in [0.717, 1.165) is 0 Å². The van der Waals surface area contributed by atoms with E-state index in [0.29, 0.717) is 11.1 Å². The van der Waals surface area contributed by atoms with E-state index in [1.807, 2.05) is 0 Å². The number of carbonyl (C=O) groups is 2. The Balaban J connectivity index is 5.63. The molecule has 132 valence electrons. The SMILES string of the molecule is C=C(C)C(=O)OCC(COC(=O)C(=C)C)(C(C)(C)C)C(C)(C)C. The molecule has 0 aromatic rings. The predicted molar refractivity (Wildman–Crippen MR) is 92.9 cm³/mol. The Morgan fingerprint density at radius 1 is 0.739 bits per heavy atom. The van der Waals surface area contributed by atoms with Crippen molar-refractivity contribution in [1.82, 2.24) is 0 Å². The van der Waals surface area contributed by atoms with Gasteiger partial charge in [-0.25, -0.2) is 9.59 Å². The first-order valence-electron chi connectivity index (χ1n) is 7.81. The van der Waals surface area contributed by atoms with Gasteiger partial charge in [0.15, 0.2) is 0 Å². The van der Waals surface area contributed by atoms with E-state index >= 15 is 0 Å².